The monoisotopic (exact) mass is 377 g/mol. The molecular formula is H7BBaLi2O3Tb. The molecule has 0 heterocycles. The van der Waals surface area contributed by atoms with Crippen LogP contribution in [0.3, 0.4) is 0 Å². The number of hydrogen-bond donors (Lipinski definition) is 3. The first-order chi connectivity index (χ1) is 1.73. The largest absolute Gasteiger partial charge is 0 e. The van der Waals surface area contributed by atoms with Crippen molar-refractivity contribution in [2.24, 2.45) is 0 Å². The van der Waals surface area contributed by atoms with Gasteiger partial charge in [-0.05, 0) is 0 Å². The molecule has 0 aliphatic carbocycles. The van der Waals surface area contributed by atoms with Crippen LogP contribution in [0, 0.1) is 38.6 Å². The second-order valence-electron chi connectivity index (χ2n) is 0.346. The molecule has 0 aromatic heterocycles. The van der Waals surface area contributed by atoms with E-state index in [4.69, 9.17) is 15.1 Å². The molecule has 0 saturated heterocycles. The van der Waals surface area contributed by atoms with Crippen molar-refractivity contribution in [1.29, 1.82) is 0 Å². The van der Waals surface area contributed by atoms with Gasteiger partial charge in [0.2, 0.25) is 0 Å². The van der Waals surface area contributed by atoms with Gasteiger partial charge >= 0.3 is 93.9 Å². The van der Waals surface area contributed by atoms with Gasteiger partial charge in [-0.25, -0.2) is 0 Å². The molecule has 0 unspecified atom stereocenters. The minimum atomic E-state index is -2.17. The van der Waals surface area contributed by atoms with E-state index < -0.39 is 7.32 Å². The summed E-state index contributed by atoms with van der Waals surface area (Å²) in [4.78, 5) is 0. The Morgan fingerprint density at radius 1 is 0.875 bits per heavy atom. The first-order valence-corrected chi connectivity index (χ1v) is 0.775. The van der Waals surface area contributed by atoms with Crippen molar-refractivity contribution < 1.29 is 53.7 Å². The quantitative estimate of drug-likeness (QED) is 0.376. The van der Waals surface area contributed by atoms with Gasteiger partial charge in [0, 0.05) is 38.6 Å². The molecule has 0 atom stereocenters. The molecular weight excluding hydrogens is 369 g/mol. The van der Waals surface area contributed by atoms with Gasteiger partial charge in [0.15, 0.2) is 0 Å². The maximum absolute atomic E-state index is 7.17. The van der Waals surface area contributed by atoms with E-state index in [1.54, 1.807) is 0 Å². The zero-order valence-corrected chi connectivity index (χ0v) is 4.39. The Morgan fingerprint density at radius 3 is 0.875 bits per heavy atom. The van der Waals surface area contributed by atoms with E-state index in [1.165, 1.54) is 0 Å². The van der Waals surface area contributed by atoms with Crippen molar-refractivity contribution in [1.82, 2.24) is 0 Å². The second-order valence-corrected chi connectivity index (χ2v) is 0.346. The molecule has 0 rings (SSSR count). The summed E-state index contributed by atoms with van der Waals surface area (Å²) in [6.45, 7) is 0. The standard InChI is InChI=1S/BH3O3.Ba.2Li.Tb.4H/c2-1(3)4;;;;;;;;/h2-4H;;;;;;;;. The predicted molar refractivity (Wildman–Crippen MR) is 35.3 cm³/mol. The molecule has 0 aliphatic rings. The van der Waals surface area contributed by atoms with Crippen molar-refractivity contribution in [3.05, 3.63) is 0 Å². The van der Waals surface area contributed by atoms with Gasteiger partial charge in [-0.3, -0.25) is 0 Å². The van der Waals surface area contributed by atoms with Crippen molar-refractivity contribution in [3.8, 4) is 0 Å². The summed E-state index contributed by atoms with van der Waals surface area (Å²) in [5, 5.41) is 21.5. The van der Waals surface area contributed by atoms with Gasteiger partial charge in [0.25, 0.3) is 0 Å². The molecule has 0 amide bonds. The molecule has 8 heteroatoms. The Balaban J connectivity index is -0.00000000750. The summed E-state index contributed by atoms with van der Waals surface area (Å²) >= 11 is 0. The maximum atomic E-state index is 7.17. The van der Waals surface area contributed by atoms with E-state index in [1.807, 2.05) is 0 Å². The number of rotatable bonds is 0. The third kappa shape index (κ3) is 50.7. The average molecular weight is 376 g/mol. The van der Waals surface area contributed by atoms with Crippen LogP contribution in [0.4, 0.5) is 0 Å². The Hall–Kier alpha value is 4.00. The summed E-state index contributed by atoms with van der Waals surface area (Å²) in [6, 6.07) is 0. The summed E-state index contributed by atoms with van der Waals surface area (Å²) in [5.41, 5.74) is 0. The average Bonchev–Trinajstić information content (AvgIpc) is 0.811. The first-order valence-electron chi connectivity index (χ1n) is 0.775. The Morgan fingerprint density at radius 2 is 0.875 bits per heavy atom. The van der Waals surface area contributed by atoms with Crippen LogP contribution in [0.15, 0.2) is 0 Å². The third-order valence-electron chi connectivity index (χ3n) is 0. The van der Waals surface area contributed by atoms with Gasteiger partial charge in [-0.15, -0.1) is 0 Å². The van der Waals surface area contributed by atoms with Crippen molar-refractivity contribution in [3.63, 3.8) is 0 Å². The molecule has 0 aromatic carbocycles. The van der Waals surface area contributed by atoms with E-state index in [2.05, 4.69) is 0 Å². The van der Waals surface area contributed by atoms with Crippen molar-refractivity contribution in [2.45, 2.75) is 0 Å². The molecule has 8 heavy (non-hydrogen) atoms. The van der Waals surface area contributed by atoms with E-state index in [0.29, 0.717) is 0 Å². The second kappa shape index (κ2) is 22.4. The predicted octanol–water partition coefficient (Wildman–Crippen LogP) is -4.26. The van der Waals surface area contributed by atoms with E-state index in [0.717, 1.165) is 0 Å². The summed E-state index contributed by atoms with van der Waals surface area (Å²) in [6.07, 6.45) is 0. The van der Waals surface area contributed by atoms with Gasteiger partial charge in [-0.1, -0.05) is 0 Å². The fourth-order valence-electron chi connectivity index (χ4n) is 0. The molecule has 3 N–H and O–H groups in total. The summed E-state index contributed by atoms with van der Waals surface area (Å²) in [5.74, 6) is 0. The summed E-state index contributed by atoms with van der Waals surface area (Å²) in [7, 11) is -2.17. The topological polar surface area (TPSA) is 60.7 Å². The number of hydrogen-bond acceptors (Lipinski definition) is 3. The van der Waals surface area contributed by atoms with Gasteiger partial charge in [0.05, 0.1) is 0 Å². The fourth-order valence-corrected chi connectivity index (χ4v) is 0. The minimum Gasteiger partial charge on any atom is 0 e. The van der Waals surface area contributed by atoms with E-state index in [9.17, 15) is 0 Å². The normalized spacial score (nSPS) is 3.38. The Kier molecular flexibility index (Phi) is 83.2. The molecule has 1 radical (unpaired) electrons. The van der Waals surface area contributed by atoms with Crippen LogP contribution in [-0.2, 0) is 0 Å². The van der Waals surface area contributed by atoms with Crippen LogP contribution >= 0.6 is 0 Å². The Labute approximate surface area is 144 Å². The van der Waals surface area contributed by atoms with Gasteiger partial charge in [-0.2, -0.15) is 0 Å². The van der Waals surface area contributed by atoms with Crippen molar-refractivity contribution >= 4 is 93.9 Å². The molecule has 0 saturated carbocycles. The molecule has 3 nitrogen and oxygen atoms in total. The fraction of sp³-hybridized carbons (Fsp3) is 0. The van der Waals surface area contributed by atoms with Gasteiger partial charge < -0.3 is 15.1 Å². The molecule has 0 aliphatic heterocycles. The van der Waals surface area contributed by atoms with E-state index >= 15 is 0 Å². The molecule has 0 spiro atoms. The van der Waals surface area contributed by atoms with E-state index in [-0.39, 0.29) is 125 Å². The SMILES string of the molecule is OB(O)O.[BaH2].[LiH].[LiH].[Tb]. The molecule has 0 aromatic rings. The summed E-state index contributed by atoms with van der Waals surface area (Å²) < 4.78 is 0. The maximum Gasteiger partial charge on any atom is 0 e. The molecule has 41 valence electrons. The smallest absolute Gasteiger partial charge is 0 e. The van der Waals surface area contributed by atoms with Crippen LogP contribution in [-0.4, -0.2) is 109 Å². The van der Waals surface area contributed by atoms with Crippen LogP contribution in [0.2, 0.25) is 0 Å². The third-order valence-corrected chi connectivity index (χ3v) is 0. The zero-order valence-electron chi connectivity index (χ0n) is 2.25. The zero-order chi connectivity index (χ0) is 3.58. The molecule has 0 fully saturated rings. The first kappa shape index (κ1) is 29.6. The molecule has 0 bridgehead atoms. The van der Waals surface area contributed by atoms with Crippen molar-refractivity contribution in [2.75, 3.05) is 0 Å². The van der Waals surface area contributed by atoms with Crippen LogP contribution in [0.5, 0.6) is 0 Å². The van der Waals surface area contributed by atoms with Crippen LogP contribution in [0.1, 0.15) is 0 Å². The Bertz CT molecular complexity index is 22.0. The van der Waals surface area contributed by atoms with Gasteiger partial charge in [0.1, 0.15) is 0 Å². The minimum absolute atomic E-state index is 0. The van der Waals surface area contributed by atoms with Crippen LogP contribution in [0.25, 0.3) is 0 Å². The van der Waals surface area contributed by atoms with Crippen LogP contribution < -0.4 is 0 Å².